The van der Waals surface area contributed by atoms with E-state index in [-0.39, 0.29) is 69.4 Å². The quantitative estimate of drug-likeness (QED) is 0.0251. The predicted molar refractivity (Wildman–Crippen MR) is 541 cm³/mol. The Morgan fingerprint density at radius 1 is 0.421 bits per heavy atom. The van der Waals surface area contributed by atoms with Crippen LogP contribution in [-0.2, 0) is 87.3 Å². The molecular weight excluding hydrogens is 1760 g/mol. The maximum atomic E-state index is 13.2. The van der Waals surface area contributed by atoms with E-state index in [1.165, 1.54) is 61.0 Å². The van der Waals surface area contributed by atoms with Crippen molar-refractivity contribution in [1.29, 1.82) is 0 Å². The van der Waals surface area contributed by atoms with Crippen molar-refractivity contribution in [1.82, 2.24) is 59.3 Å². The summed E-state index contributed by atoms with van der Waals surface area (Å²) in [6, 6.07) is 68.1. The summed E-state index contributed by atoms with van der Waals surface area (Å²) in [6.07, 6.45) is 3.41. The van der Waals surface area contributed by atoms with Crippen molar-refractivity contribution in [2.45, 2.75) is 149 Å². The smallest absolute Gasteiger partial charge is 0.410 e. The first-order chi connectivity index (χ1) is 68.4. The monoisotopic (exact) mass is 1890 g/mol. The van der Waals surface area contributed by atoms with Gasteiger partial charge >= 0.3 is 36.3 Å². The standard InChI is InChI=1S/C38H44N6O4.C37H42N6O4.C36H41N5O4/c1-5-42(6-2)20-21-46-37-40-33-22-34(31-17-11-16-29-15-10-12-27(3)35(29)31)47-26-32(33)36(41-37)43-18-19-44(30(24-43)23-39-4)38(45)48-25-28-13-8-7-9-14-28;1-26-11-8-14-28-15-9-16-30(34(26)28)33-21-32-31(25-46-33)35(40-36(39-32)45-20-10-17-41(3)4)42-18-19-43(29(23-42)22-38-2)37(44)47-24-27-12-6-5-7-13-27;1-25-9-6-12-27-13-7-15-29(33(25)27)32-21-31-30(24-43-32)34(38-35(37-31)44-23-28-14-8-16-39(28)2)40-17-19-41(20-18-40)36(42)45-22-26-10-4-3-5-11-26/h7-17,30,34H,5-6,18-26H2,1-3H3;5-9,11-16,29,33H,10,17-25H2,1,3-4H3;3-7,9-13,15,28,32H,8,14,16-24H2,1-2H3/t30-,34?;29-,33?;28-,32?/m000/s1. The molecule has 7 aliphatic heterocycles. The Kier molecular flexibility index (Phi) is 32.8. The highest BCUT2D eigenvalue weighted by atomic mass is 16.6. The van der Waals surface area contributed by atoms with E-state index in [0.29, 0.717) is 148 Å². The third-order valence-corrected chi connectivity index (χ3v) is 27.7. The Morgan fingerprint density at radius 3 is 1.19 bits per heavy atom. The molecular formula is C111H127N17O12. The molecule has 3 amide bonds. The minimum atomic E-state index is -0.409. The Labute approximate surface area is 820 Å². The molecule has 4 saturated heterocycles. The van der Waals surface area contributed by atoms with Crippen LogP contribution in [0.4, 0.5) is 31.8 Å². The highest BCUT2D eigenvalue weighted by Crippen LogP contribution is 2.44. The molecule has 0 aliphatic carbocycles. The number of carbonyl (C=O) groups is 3. The number of aromatic nitrogens is 6. The van der Waals surface area contributed by atoms with Crippen LogP contribution in [0.5, 0.6) is 18.0 Å². The van der Waals surface area contributed by atoms with E-state index in [2.05, 4.69) is 190 Å². The molecule has 140 heavy (non-hydrogen) atoms. The number of amides is 3. The van der Waals surface area contributed by atoms with Gasteiger partial charge in [0.25, 0.3) is 0 Å². The number of likely N-dealkylation sites (tertiary alicyclic amines) is 1. The van der Waals surface area contributed by atoms with Gasteiger partial charge in [-0.1, -0.05) is 214 Å². The summed E-state index contributed by atoms with van der Waals surface area (Å²) in [4.78, 5) is 94.7. The molecule has 12 aromatic rings. The molecule has 728 valence electrons. The number of hydrogen-bond acceptors (Lipinski definition) is 24. The zero-order valence-corrected chi connectivity index (χ0v) is 81.6. The van der Waals surface area contributed by atoms with E-state index >= 15 is 0 Å². The number of carbonyl (C=O) groups excluding carboxylic acids is 3. The number of likely N-dealkylation sites (N-methyl/N-ethyl adjacent to an activating group) is 2. The lowest BCUT2D eigenvalue weighted by atomic mass is 9.92. The highest BCUT2D eigenvalue weighted by molar-refractivity contribution is 5.91. The maximum Gasteiger partial charge on any atom is 0.410 e. The number of hydrogen-bond donors (Lipinski definition) is 0. The van der Waals surface area contributed by atoms with Gasteiger partial charge in [-0.15, -0.1) is 0 Å². The summed E-state index contributed by atoms with van der Waals surface area (Å²) in [6.45, 7) is 39.4. The lowest BCUT2D eigenvalue weighted by Gasteiger charge is -2.40. The van der Waals surface area contributed by atoms with Crippen LogP contribution in [0.1, 0.15) is 135 Å². The molecule has 29 nitrogen and oxygen atoms in total. The first kappa shape index (κ1) is 98.0. The second-order valence-electron chi connectivity index (χ2n) is 37.2. The number of ether oxygens (including phenoxy) is 9. The first-order valence-corrected chi connectivity index (χ1v) is 49.2. The fraction of sp³-hybridized carbons (Fsp3) is 0.414. The molecule has 9 aromatic carbocycles. The molecule has 0 N–H and O–H groups in total. The molecule has 6 atom stereocenters. The zero-order chi connectivity index (χ0) is 97.0. The van der Waals surface area contributed by atoms with Crippen LogP contribution < -0.4 is 28.9 Å². The average molecular weight is 1890 g/mol. The third-order valence-electron chi connectivity index (χ3n) is 27.7. The summed E-state index contributed by atoms with van der Waals surface area (Å²) >= 11 is 0. The molecule has 7 aliphatic rings. The van der Waals surface area contributed by atoms with Crippen LogP contribution in [0.15, 0.2) is 200 Å². The van der Waals surface area contributed by atoms with Crippen LogP contribution in [0.3, 0.4) is 0 Å². The molecule has 10 heterocycles. The number of rotatable bonds is 28. The van der Waals surface area contributed by atoms with E-state index in [4.69, 9.17) is 85.7 Å². The molecule has 3 aromatic heterocycles. The molecule has 0 saturated carbocycles. The van der Waals surface area contributed by atoms with Crippen molar-refractivity contribution >= 4 is 68.1 Å². The average Bonchev–Trinajstić information content (AvgIpc) is 0.789. The van der Waals surface area contributed by atoms with Crippen molar-refractivity contribution in [2.75, 3.05) is 167 Å². The van der Waals surface area contributed by atoms with Crippen molar-refractivity contribution in [3.05, 3.63) is 307 Å². The molecule has 29 heteroatoms. The topological polar surface area (TPSA) is 250 Å². The van der Waals surface area contributed by atoms with Crippen molar-refractivity contribution in [3.63, 3.8) is 0 Å². The van der Waals surface area contributed by atoms with Crippen LogP contribution in [0.25, 0.3) is 42.0 Å². The number of anilines is 3. The molecule has 0 radical (unpaired) electrons. The summed E-state index contributed by atoms with van der Waals surface area (Å²) in [5, 5.41) is 7.28. The SMILES string of the molecule is Cc1cccc2cccc(C3Cc4nc(OC[C@@H]5CCCN5C)nc(N5CCN(C(=O)OCc6ccccc6)CC5)c4CO3)c12.[C-]#[N+]C[C@H]1CN(c2nc(OCCCN(C)C)nc3c2COC(c2cccc4cccc(C)c24)C3)CCN1C(=O)OCc1ccccc1.[C-]#[N+]C[C@H]1CN(c2nc(OCCN(CC)CC)nc3c2COC(c2cccc4cccc(C)c24)C3)CCN1C(=O)OCc1ccccc1. The normalized spacial score (nSPS) is 18.5. The third kappa shape index (κ3) is 23.7. The summed E-state index contributed by atoms with van der Waals surface area (Å²) in [5.74, 6) is 2.34. The minimum absolute atomic E-state index is 0.116. The lowest BCUT2D eigenvalue weighted by Crippen LogP contribution is -2.57. The van der Waals surface area contributed by atoms with Gasteiger partial charge in [-0.05, 0) is 163 Å². The molecule has 3 unspecified atom stereocenters. The fourth-order valence-electron chi connectivity index (χ4n) is 20.1. The molecule has 0 spiro atoms. The largest absolute Gasteiger partial charge is 0.463 e. The Balaban J connectivity index is 0.000000145. The van der Waals surface area contributed by atoms with Crippen LogP contribution >= 0.6 is 0 Å². The Morgan fingerprint density at radius 2 is 0.800 bits per heavy atom. The van der Waals surface area contributed by atoms with Crippen molar-refractivity contribution in [3.8, 4) is 18.0 Å². The highest BCUT2D eigenvalue weighted by Gasteiger charge is 2.41. The van der Waals surface area contributed by atoms with Gasteiger partial charge in [0.1, 0.15) is 62.6 Å². The number of fused-ring (bicyclic) bond motifs is 6. The first-order valence-electron chi connectivity index (χ1n) is 49.2. The Bertz CT molecular complexity index is 6340. The fourth-order valence-corrected chi connectivity index (χ4v) is 20.1. The number of benzene rings is 9. The lowest BCUT2D eigenvalue weighted by molar-refractivity contribution is 0.0263. The Hall–Kier alpha value is -13.7. The zero-order valence-electron chi connectivity index (χ0n) is 81.6. The van der Waals surface area contributed by atoms with Crippen LogP contribution in [-0.4, -0.2) is 248 Å². The van der Waals surface area contributed by atoms with Crippen LogP contribution in [0.2, 0.25) is 0 Å². The van der Waals surface area contributed by atoms with Gasteiger partial charge in [-0.2, -0.15) is 29.9 Å². The summed E-state index contributed by atoms with van der Waals surface area (Å²) in [5.41, 5.74) is 15.6. The second-order valence-corrected chi connectivity index (χ2v) is 37.2. The minimum Gasteiger partial charge on any atom is -0.463 e. The summed E-state index contributed by atoms with van der Waals surface area (Å²) < 4.78 is 55.3. The molecule has 4 fully saturated rings. The van der Waals surface area contributed by atoms with E-state index in [9.17, 15) is 14.4 Å². The second kappa shape index (κ2) is 46.9. The summed E-state index contributed by atoms with van der Waals surface area (Å²) in [7, 11) is 6.23. The number of piperazine rings is 3. The van der Waals surface area contributed by atoms with Gasteiger partial charge in [-0.25, -0.2) is 27.5 Å². The van der Waals surface area contributed by atoms with Gasteiger partial charge < -0.3 is 86.6 Å². The van der Waals surface area contributed by atoms with Gasteiger partial charge in [0.2, 0.25) is 13.1 Å². The predicted octanol–water partition coefficient (Wildman–Crippen LogP) is 17.7. The van der Waals surface area contributed by atoms with Gasteiger partial charge in [-0.3, -0.25) is 9.80 Å². The van der Waals surface area contributed by atoms with Gasteiger partial charge in [0.05, 0.1) is 61.8 Å². The van der Waals surface area contributed by atoms with Crippen molar-refractivity contribution in [2.24, 2.45) is 0 Å². The number of aryl methyl sites for hydroxylation is 3. The van der Waals surface area contributed by atoms with Gasteiger partial charge in [0, 0.05) is 121 Å². The van der Waals surface area contributed by atoms with E-state index in [1.54, 1.807) is 14.7 Å². The van der Waals surface area contributed by atoms with Gasteiger partial charge in [0.15, 0.2) is 0 Å². The van der Waals surface area contributed by atoms with Crippen molar-refractivity contribution < 1.29 is 57.0 Å². The van der Waals surface area contributed by atoms with E-state index < -0.39 is 12.2 Å². The number of nitrogens with zero attached hydrogens (tertiary/aromatic N) is 17. The molecule has 0 bridgehead atoms. The van der Waals surface area contributed by atoms with E-state index in [1.807, 2.05) is 105 Å². The maximum absolute atomic E-state index is 13.2. The van der Waals surface area contributed by atoms with Crippen LogP contribution in [0, 0.1) is 33.9 Å². The van der Waals surface area contributed by atoms with E-state index in [0.717, 1.165) is 125 Å². The molecule has 19 rings (SSSR count).